The number of halogens is 1. The second kappa shape index (κ2) is 11.7. The lowest BCUT2D eigenvalue weighted by molar-refractivity contribution is -0.116. The largest absolute Gasteiger partial charge is 0.376 e. The van der Waals surface area contributed by atoms with Gasteiger partial charge in [-0.15, -0.1) is 0 Å². The van der Waals surface area contributed by atoms with E-state index >= 15 is 0 Å². The van der Waals surface area contributed by atoms with E-state index in [4.69, 9.17) is 16.3 Å². The Morgan fingerprint density at radius 3 is 2.81 bits per heavy atom. The van der Waals surface area contributed by atoms with Gasteiger partial charge in [0.25, 0.3) is 0 Å². The lowest BCUT2D eigenvalue weighted by Gasteiger charge is -2.21. The van der Waals surface area contributed by atoms with Gasteiger partial charge in [0.15, 0.2) is 5.96 Å². The molecule has 0 aliphatic carbocycles. The summed E-state index contributed by atoms with van der Waals surface area (Å²) in [5.74, 6) is 1.26. The molecule has 6 nitrogen and oxygen atoms in total. The lowest BCUT2D eigenvalue weighted by Crippen LogP contribution is -2.41. The summed E-state index contributed by atoms with van der Waals surface area (Å²) < 4.78 is 5.90. The summed E-state index contributed by atoms with van der Waals surface area (Å²) >= 11 is 6.12. The van der Waals surface area contributed by atoms with Crippen LogP contribution in [0.3, 0.4) is 0 Å². The van der Waals surface area contributed by atoms with Crippen LogP contribution in [-0.4, -0.2) is 50.1 Å². The van der Waals surface area contributed by atoms with Crippen molar-refractivity contribution >= 4 is 29.2 Å². The number of benzene rings is 2. The molecule has 1 fully saturated rings. The molecule has 1 unspecified atom stereocenters. The number of anilines is 1. The van der Waals surface area contributed by atoms with Crippen molar-refractivity contribution in [3.05, 3.63) is 64.7 Å². The SMILES string of the molecule is CN=C(NCCC(=O)Nc1cccc(Cl)c1C)N1CCC(COCc2ccccc2)C1. The fourth-order valence-corrected chi connectivity index (χ4v) is 3.83. The van der Waals surface area contributed by atoms with Gasteiger partial charge in [0, 0.05) is 49.7 Å². The van der Waals surface area contributed by atoms with Crippen molar-refractivity contribution < 1.29 is 9.53 Å². The first-order chi connectivity index (χ1) is 15.1. The van der Waals surface area contributed by atoms with Crippen LogP contribution >= 0.6 is 11.6 Å². The van der Waals surface area contributed by atoms with E-state index in [0.717, 1.165) is 43.3 Å². The number of nitrogens with one attached hydrogen (secondary N) is 2. The van der Waals surface area contributed by atoms with E-state index in [1.54, 1.807) is 7.05 Å². The third kappa shape index (κ3) is 6.97. The number of carbonyl (C=O) groups excluding carboxylic acids is 1. The Morgan fingerprint density at radius 2 is 2.03 bits per heavy atom. The molecule has 166 valence electrons. The molecule has 0 aromatic heterocycles. The average molecular weight is 443 g/mol. The minimum Gasteiger partial charge on any atom is -0.376 e. The van der Waals surface area contributed by atoms with Gasteiger partial charge in [0.05, 0.1) is 13.2 Å². The van der Waals surface area contributed by atoms with Gasteiger partial charge >= 0.3 is 0 Å². The molecule has 0 spiro atoms. The fraction of sp³-hybridized carbons (Fsp3) is 0.417. The summed E-state index contributed by atoms with van der Waals surface area (Å²) in [5.41, 5.74) is 2.82. The molecule has 0 saturated carbocycles. The van der Waals surface area contributed by atoms with E-state index in [-0.39, 0.29) is 5.91 Å². The minimum absolute atomic E-state index is 0.0538. The van der Waals surface area contributed by atoms with E-state index < -0.39 is 0 Å². The van der Waals surface area contributed by atoms with Gasteiger partial charge in [0.1, 0.15) is 0 Å². The van der Waals surface area contributed by atoms with E-state index in [1.807, 2.05) is 43.3 Å². The first-order valence-electron chi connectivity index (χ1n) is 10.7. The van der Waals surface area contributed by atoms with Gasteiger partial charge < -0.3 is 20.3 Å². The van der Waals surface area contributed by atoms with Crippen molar-refractivity contribution in [2.75, 3.05) is 38.6 Å². The fourth-order valence-electron chi connectivity index (χ4n) is 3.65. The zero-order chi connectivity index (χ0) is 22.1. The predicted molar refractivity (Wildman–Crippen MR) is 127 cm³/mol. The van der Waals surface area contributed by atoms with E-state index in [9.17, 15) is 4.79 Å². The van der Waals surface area contributed by atoms with Gasteiger partial charge in [-0.1, -0.05) is 48.0 Å². The Morgan fingerprint density at radius 1 is 1.23 bits per heavy atom. The maximum atomic E-state index is 12.3. The van der Waals surface area contributed by atoms with Crippen LogP contribution in [0.5, 0.6) is 0 Å². The van der Waals surface area contributed by atoms with Crippen LogP contribution in [0.25, 0.3) is 0 Å². The second-order valence-corrected chi connectivity index (χ2v) is 8.19. The predicted octanol–water partition coefficient (Wildman–Crippen LogP) is 4.09. The highest BCUT2D eigenvalue weighted by Crippen LogP contribution is 2.23. The molecule has 31 heavy (non-hydrogen) atoms. The summed E-state index contributed by atoms with van der Waals surface area (Å²) in [4.78, 5) is 18.9. The number of aliphatic imine (C=N–C) groups is 1. The van der Waals surface area contributed by atoms with Crippen molar-refractivity contribution in [2.24, 2.45) is 10.9 Å². The maximum absolute atomic E-state index is 12.3. The van der Waals surface area contributed by atoms with Crippen molar-refractivity contribution in [3.8, 4) is 0 Å². The topological polar surface area (TPSA) is 66.0 Å². The normalized spacial score (nSPS) is 16.4. The van der Waals surface area contributed by atoms with Crippen molar-refractivity contribution in [3.63, 3.8) is 0 Å². The molecule has 0 bridgehead atoms. The minimum atomic E-state index is -0.0538. The van der Waals surface area contributed by atoms with Crippen LogP contribution in [0.2, 0.25) is 5.02 Å². The van der Waals surface area contributed by atoms with Crippen molar-refractivity contribution in [2.45, 2.75) is 26.4 Å². The Bertz CT molecular complexity index is 888. The summed E-state index contributed by atoms with van der Waals surface area (Å²) in [6.45, 7) is 5.64. The molecule has 7 heteroatoms. The Labute approximate surface area is 189 Å². The summed E-state index contributed by atoms with van der Waals surface area (Å²) in [6.07, 6.45) is 1.42. The van der Waals surface area contributed by atoms with Crippen LogP contribution < -0.4 is 10.6 Å². The van der Waals surface area contributed by atoms with E-state index in [0.29, 0.717) is 30.5 Å². The number of carbonyl (C=O) groups is 1. The van der Waals surface area contributed by atoms with Gasteiger partial charge in [-0.2, -0.15) is 0 Å². The molecule has 2 aromatic rings. The van der Waals surface area contributed by atoms with Crippen LogP contribution in [0, 0.1) is 12.8 Å². The molecule has 1 amide bonds. The third-order valence-corrected chi connectivity index (χ3v) is 5.85. The zero-order valence-electron chi connectivity index (χ0n) is 18.2. The first-order valence-corrected chi connectivity index (χ1v) is 11.1. The molecular weight excluding hydrogens is 412 g/mol. The van der Waals surface area contributed by atoms with E-state index in [2.05, 4.69) is 32.7 Å². The molecule has 1 atom stereocenters. The number of amides is 1. The highest BCUT2D eigenvalue weighted by Gasteiger charge is 2.25. The number of hydrogen-bond acceptors (Lipinski definition) is 3. The lowest BCUT2D eigenvalue weighted by atomic mass is 10.1. The maximum Gasteiger partial charge on any atom is 0.226 e. The molecule has 1 saturated heterocycles. The van der Waals surface area contributed by atoms with Crippen molar-refractivity contribution in [1.29, 1.82) is 0 Å². The quantitative estimate of drug-likeness (QED) is 0.477. The summed E-state index contributed by atoms with van der Waals surface area (Å²) in [6, 6.07) is 15.7. The first kappa shape index (κ1) is 23.1. The molecule has 1 aliphatic heterocycles. The molecule has 1 aliphatic rings. The van der Waals surface area contributed by atoms with Crippen LogP contribution in [0.1, 0.15) is 24.0 Å². The second-order valence-electron chi connectivity index (χ2n) is 7.79. The average Bonchev–Trinajstić information content (AvgIpc) is 3.24. The number of guanidine groups is 1. The third-order valence-electron chi connectivity index (χ3n) is 5.44. The number of rotatable bonds is 8. The standard InChI is InChI=1S/C24H31ClN4O2/c1-18-21(25)9-6-10-22(18)28-23(30)11-13-27-24(26-2)29-14-12-20(15-29)17-31-16-19-7-4-3-5-8-19/h3-10,20H,11-17H2,1-2H3,(H,26,27)(H,28,30). The highest BCUT2D eigenvalue weighted by molar-refractivity contribution is 6.31. The number of nitrogens with zero attached hydrogens (tertiary/aromatic N) is 2. The van der Waals surface area contributed by atoms with Gasteiger partial charge in [-0.05, 0) is 36.6 Å². The molecular formula is C24H31ClN4O2. The van der Waals surface area contributed by atoms with Crippen LogP contribution in [0.4, 0.5) is 5.69 Å². The highest BCUT2D eigenvalue weighted by atomic mass is 35.5. The Hall–Kier alpha value is -2.57. The Kier molecular flexibility index (Phi) is 8.74. The zero-order valence-corrected chi connectivity index (χ0v) is 19.0. The van der Waals surface area contributed by atoms with E-state index in [1.165, 1.54) is 5.56 Å². The van der Waals surface area contributed by atoms with Crippen LogP contribution in [-0.2, 0) is 16.1 Å². The molecule has 3 rings (SSSR count). The number of likely N-dealkylation sites (tertiary alicyclic amines) is 1. The van der Waals surface area contributed by atoms with Gasteiger partial charge in [-0.3, -0.25) is 9.79 Å². The number of hydrogen-bond donors (Lipinski definition) is 2. The van der Waals surface area contributed by atoms with Gasteiger partial charge in [-0.25, -0.2) is 0 Å². The molecule has 0 radical (unpaired) electrons. The molecule has 1 heterocycles. The number of ether oxygens (including phenoxy) is 1. The Balaban J connectivity index is 1.37. The molecule has 2 N–H and O–H groups in total. The monoisotopic (exact) mass is 442 g/mol. The summed E-state index contributed by atoms with van der Waals surface area (Å²) in [7, 11) is 1.77. The van der Waals surface area contributed by atoms with Crippen molar-refractivity contribution in [1.82, 2.24) is 10.2 Å². The molecule has 2 aromatic carbocycles. The van der Waals surface area contributed by atoms with Gasteiger partial charge in [0.2, 0.25) is 5.91 Å². The smallest absolute Gasteiger partial charge is 0.226 e. The van der Waals surface area contributed by atoms with Crippen LogP contribution in [0.15, 0.2) is 53.5 Å². The summed E-state index contributed by atoms with van der Waals surface area (Å²) in [5, 5.41) is 6.87.